The first kappa shape index (κ1) is 14.0. The predicted molar refractivity (Wildman–Crippen MR) is 69.7 cm³/mol. The summed E-state index contributed by atoms with van der Waals surface area (Å²) in [5.41, 5.74) is 0.571. The summed E-state index contributed by atoms with van der Waals surface area (Å²) < 4.78 is 5.32. The number of hydrogen-bond donors (Lipinski definition) is 1. The fourth-order valence-corrected chi connectivity index (χ4v) is 2.85. The van der Waals surface area contributed by atoms with Gasteiger partial charge in [0.2, 0.25) is 0 Å². The molecule has 0 aliphatic heterocycles. The van der Waals surface area contributed by atoms with Crippen molar-refractivity contribution in [1.82, 2.24) is 5.32 Å². The molecule has 1 fully saturated rings. The van der Waals surface area contributed by atoms with Crippen molar-refractivity contribution in [2.24, 2.45) is 11.3 Å². The maximum Gasteiger partial charge on any atom is 0.0618 e. The molecule has 1 unspecified atom stereocenters. The normalized spacial score (nSPS) is 19.9. The Balaban J connectivity index is 2.48. The average Bonchev–Trinajstić information content (AvgIpc) is 2.79. The van der Waals surface area contributed by atoms with Crippen LogP contribution in [0.25, 0.3) is 0 Å². The van der Waals surface area contributed by atoms with Gasteiger partial charge in [-0.15, -0.1) is 0 Å². The van der Waals surface area contributed by atoms with E-state index in [1.54, 1.807) is 7.11 Å². The Morgan fingerprint density at radius 3 is 2.12 bits per heavy atom. The van der Waals surface area contributed by atoms with Crippen LogP contribution in [0.4, 0.5) is 0 Å². The second kappa shape index (κ2) is 5.05. The fourth-order valence-electron chi connectivity index (χ4n) is 2.85. The van der Waals surface area contributed by atoms with Gasteiger partial charge in [0.05, 0.1) is 6.61 Å². The van der Waals surface area contributed by atoms with Crippen LogP contribution in [0.3, 0.4) is 0 Å². The quantitative estimate of drug-likeness (QED) is 0.752. The largest absolute Gasteiger partial charge is 0.383 e. The lowest BCUT2D eigenvalue weighted by Gasteiger charge is -2.37. The van der Waals surface area contributed by atoms with Gasteiger partial charge in [0.1, 0.15) is 0 Å². The third-order valence-corrected chi connectivity index (χ3v) is 3.09. The number of nitrogens with one attached hydrogen (secondary N) is 1. The smallest absolute Gasteiger partial charge is 0.0618 e. The molecule has 1 saturated carbocycles. The molecule has 1 aliphatic carbocycles. The Kier molecular flexibility index (Phi) is 4.42. The molecule has 0 amide bonds. The zero-order valence-corrected chi connectivity index (χ0v) is 11.9. The van der Waals surface area contributed by atoms with E-state index in [-0.39, 0.29) is 5.54 Å². The van der Waals surface area contributed by atoms with Crippen molar-refractivity contribution in [1.29, 1.82) is 0 Å². The molecule has 0 radical (unpaired) electrons. The summed E-state index contributed by atoms with van der Waals surface area (Å²) in [4.78, 5) is 0. The van der Waals surface area contributed by atoms with Crippen molar-refractivity contribution in [2.75, 3.05) is 13.7 Å². The van der Waals surface area contributed by atoms with Crippen molar-refractivity contribution in [3.63, 3.8) is 0 Å². The number of rotatable bonds is 6. The van der Waals surface area contributed by atoms with Crippen LogP contribution < -0.4 is 5.32 Å². The summed E-state index contributed by atoms with van der Waals surface area (Å²) in [6.07, 6.45) is 3.92. The van der Waals surface area contributed by atoms with Crippen LogP contribution in [-0.2, 0) is 4.74 Å². The zero-order chi connectivity index (χ0) is 12.4. The molecule has 1 atom stereocenters. The third-order valence-electron chi connectivity index (χ3n) is 3.09. The maximum atomic E-state index is 5.32. The van der Waals surface area contributed by atoms with E-state index < -0.39 is 0 Å². The minimum atomic E-state index is 0.198. The van der Waals surface area contributed by atoms with Gasteiger partial charge in [-0.05, 0) is 44.4 Å². The lowest BCUT2D eigenvalue weighted by atomic mass is 9.81. The molecular formula is C14H29NO. The predicted octanol–water partition coefficient (Wildman–Crippen LogP) is 3.22. The van der Waals surface area contributed by atoms with Crippen LogP contribution in [0.15, 0.2) is 0 Å². The Hall–Kier alpha value is -0.0800. The molecule has 2 heteroatoms. The van der Waals surface area contributed by atoms with Gasteiger partial charge in [0.15, 0.2) is 0 Å². The summed E-state index contributed by atoms with van der Waals surface area (Å²) in [7, 11) is 1.80. The van der Waals surface area contributed by atoms with Gasteiger partial charge in [-0.25, -0.2) is 0 Å². The molecule has 0 saturated heterocycles. The average molecular weight is 227 g/mol. The zero-order valence-electron chi connectivity index (χ0n) is 11.9. The molecule has 96 valence electrons. The van der Waals surface area contributed by atoms with Crippen molar-refractivity contribution in [3.05, 3.63) is 0 Å². The molecule has 0 aromatic heterocycles. The van der Waals surface area contributed by atoms with Gasteiger partial charge in [-0.3, -0.25) is 0 Å². The topological polar surface area (TPSA) is 21.3 Å². The summed E-state index contributed by atoms with van der Waals surface area (Å²) in [6, 6.07) is 0.544. The standard InChI is InChI=1S/C14H29NO/c1-13(2,3)10-14(4,5)15-12(9-16-6)11-7-8-11/h11-12,15H,7-10H2,1-6H3. The van der Waals surface area contributed by atoms with E-state index in [9.17, 15) is 0 Å². The van der Waals surface area contributed by atoms with Gasteiger partial charge >= 0.3 is 0 Å². The molecule has 0 spiro atoms. The van der Waals surface area contributed by atoms with Gasteiger partial charge in [0, 0.05) is 18.7 Å². The Labute approximate surface area is 101 Å². The fraction of sp³-hybridized carbons (Fsp3) is 1.00. The molecule has 1 N–H and O–H groups in total. The molecule has 0 aromatic carbocycles. The van der Waals surface area contributed by atoms with Crippen molar-refractivity contribution >= 4 is 0 Å². The summed E-state index contributed by atoms with van der Waals surface area (Å²) in [6.45, 7) is 12.4. The summed E-state index contributed by atoms with van der Waals surface area (Å²) in [5, 5.41) is 3.79. The highest BCUT2D eigenvalue weighted by Crippen LogP contribution is 2.35. The lowest BCUT2D eigenvalue weighted by Crippen LogP contribution is -2.50. The van der Waals surface area contributed by atoms with Gasteiger partial charge in [0.25, 0.3) is 0 Å². The lowest BCUT2D eigenvalue weighted by molar-refractivity contribution is 0.127. The Morgan fingerprint density at radius 1 is 1.19 bits per heavy atom. The van der Waals surface area contributed by atoms with Crippen LogP contribution in [0, 0.1) is 11.3 Å². The van der Waals surface area contributed by atoms with E-state index in [1.807, 2.05) is 0 Å². The maximum absolute atomic E-state index is 5.32. The Morgan fingerprint density at radius 2 is 1.75 bits per heavy atom. The molecule has 2 nitrogen and oxygen atoms in total. The number of hydrogen-bond acceptors (Lipinski definition) is 2. The molecule has 0 bridgehead atoms. The van der Waals surface area contributed by atoms with Crippen LogP contribution in [0.5, 0.6) is 0 Å². The second-order valence-electron chi connectivity index (χ2n) is 7.16. The van der Waals surface area contributed by atoms with Gasteiger partial charge < -0.3 is 10.1 Å². The molecule has 1 aliphatic rings. The number of methoxy groups -OCH3 is 1. The van der Waals surface area contributed by atoms with E-state index >= 15 is 0 Å². The summed E-state index contributed by atoms with van der Waals surface area (Å²) in [5.74, 6) is 0.846. The van der Waals surface area contributed by atoms with E-state index in [2.05, 4.69) is 39.9 Å². The van der Waals surface area contributed by atoms with E-state index in [0.717, 1.165) is 12.5 Å². The third kappa shape index (κ3) is 5.31. The number of ether oxygens (including phenoxy) is 1. The highest BCUT2D eigenvalue weighted by Gasteiger charge is 2.35. The Bertz CT molecular complexity index is 213. The van der Waals surface area contributed by atoms with Crippen LogP contribution in [-0.4, -0.2) is 25.3 Å². The van der Waals surface area contributed by atoms with Crippen molar-refractivity contribution in [3.8, 4) is 0 Å². The monoisotopic (exact) mass is 227 g/mol. The first-order valence-corrected chi connectivity index (χ1v) is 6.50. The second-order valence-corrected chi connectivity index (χ2v) is 7.16. The van der Waals surface area contributed by atoms with E-state index in [4.69, 9.17) is 4.74 Å². The van der Waals surface area contributed by atoms with E-state index in [1.165, 1.54) is 19.3 Å². The van der Waals surface area contributed by atoms with Crippen molar-refractivity contribution in [2.45, 2.75) is 65.5 Å². The minimum absolute atomic E-state index is 0.198. The highest BCUT2D eigenvalue weighted by molar-refractivity contribution is 4.93. The summed E-state index contributed by atoms with van der Waals surface area (Å²) >= 11 is 0. The van der Waals surface area contributed by atoms with Crippen LogP contribution in [0.1, 0.15) is 53.9 Å². The van der Waals surface area contributed by atoms with Crippen LogP contribution >= 0.6 is 0 Å². The molecule has 0 aromatic rings. The minimum Gasteiger partial charge on any atom is -0.383 e. The molecular weight excluding hydrogens is 198 g/mol. The first-order valence-electron chi connectivity index (χ1n) is 6.50. The highest BCUT2D eigenvalue weighted by atomic mass is 16.5. The van der Waals surface area contributed by atoms with Gasteiger partial charge in [-0.1, -0.05) is 20.8 Å². The van der Waals surface area contributed by atoms with Crippen LogP contribution in [0.2, 0.25) is 0 Å². The van der Waals surface area contributed by atoms with E-state index in [0.29, 0.717) is 11.5 Å². The molecule has 0 heterocycles. The first-order chi connectivity index (χ1) is 7.23. The molecule has 16 heavy (non-hydrogen) atoms. The SMILES string of the molecule is COCC(NC(C)(C)CC(C)(C)C)C1CC1. The van der Waals surface area contributed by atoms with Crippen molar-refractivity contribution < 1.29 is 4.74 Å². The molecule has 1 rings (SSSR count). The van der Waals surface area contributed by atoms with Gasteiger partial charge in [-0.2, -0.15) is 0 Å².